The van der Waals surface area contributed by atoms with E-state index < -0.39 is 0 Å². The molecule has 0 amide bonds. The molecule has 1 aromatic carbocycles. The number of H-pyrrole nitrogens is 1. The van der Waals surface area contributed by atoms with Gasteiger partial charge in [0.05, 0.1) is 23.0 Å². The highest BCUT2D eigenvalue weighted by molar-refractivity contribution is 5.94. The Morgan fingerprint density at radius 1 is 1.08 bits per heavy atom. The number of halogens is 1. The van der Waals surface area contributed by atoms with Crippen LogP contribution in [0.25, 0.3) is 33.6 Å². The summed E-state index contributed by atoms with van der Waals surface area (Å²) in [6.07, 6.45) is 3.16. The third kappa shape index (κ3) is 2.78. The molecule has 0 unspecified atom stereocenters. The molecule has 0 aliphatic rings. The standard InChI is InChI=1S/C16H11FN4O.C2H6/c1-9-6-12-15(18-8-19-16(12)22-9)13-7-20-21-14(13)10-2-4-11(17)5-3-10;1-2/h2-8H,1H3,(H,20,21);1-2H3. The van der Waals surface area contributed by atoms with Crippen LogP contribution < -0.4 is 0 Å². The fourth-order valence-electron chi connectivity index (χ4n) is 2.49. The van der Waals surface area contributed by atoms with Crippen molar-refractivity contribution in [1.29, 1.82) is 0 Å². The molecule has 24 heavy (non-hydrogen) atoms. The van der Waals surface area contributed by atoms with Crippen LogP contribution in [-0.2, 0) is 0 Å². The second-order valence-electron chi connectivity index (χ2n) is 4.96. The van der Waals surface area contributed by atoms with Gasteiger partial charge in [0.1, 0.15) is 17.9 Å². The number of aryl methyl sites for hydroxylation is 1. The van der Waals surface area contributed by atoms with Gasteiger partial charge < -0.3 is 4.42 Å². The molecule has 0 bridgehead atoms. The molecule has 0 fully saturated rings. The number of aromatic nitrogens is 4. The van der Waals surface area contributed by atoms with Crippen molar-refractivity contribution in [2.45, 2.75) is 20.8 Å². The third-order valence-electron chi connectivity index (χ3n) is 3.48. The number of furan rings is 1. The summed E-state index contributed by atoms with van der Waals surface area (Å²) in [5.41, 5.74) is 3.70. The van der Waals surface area contributed by atoms with E-state index >= 15 is 0 Å². The molecule has 0 aliphatic heterocycles. The summed E-state index contributed by atoms with van der Waals surface area (Å²) in [6.45, 7) is 5.86. The van der Waals surface area contributed by atoms with Gasteiger partial charge in [0.15, 0.2) is 0 Å². The van der Waals surface area contributed by atoms with Crippen molar-refractivity contribution in [3.63, 3.8) is 0 Å². The van der Waals surface area contributed by atoms with E-state index in [9.17, 15) is 4.39 Å². The van der Waals surface area contributed by atoms with Crippen LogP contribution in [0.4, 0.5) is 4.39 Å². The SMILES string of the molecule is CC.Cc1cc2c(-c3cn[nH]c3-c3ccc(F)cc3)ncnc2o1. The number of nitrogens with one attached hydrogen (secondary N) is 1. The Morgan fingerprint density at radius 3 is 2.58 bits per heavy atom. The smallest absolute Gasteiger partial charge is 0.229 e. The minimum atomic E-state index is -0.278. The second kappa shape index (κ2) is 6.62. The highest BCUT2D eigenvalue weighted by atomic mass is 19.1. The Morgan fingerprint density at radius 2 is 1.83 bits per heavy atom. The van der Waals surface area contributed by atoms with Crippen molar-refractivity contribution < 1.29 is 8.81 Å². The van der Waals surface area contributed by atoms with Gasteiger partial charge in [-0.2, -0.15) is 5.10 Å². The zero-order valence-electron chi connectivity index (χ0n) is 13.7. The van der Waals surface area contributed by atoms with Gasteiger partial charge in [0.25, 0.3) is 0 Å². The van der Waals surface area contributed by atoms with E-state index in [1.807, 2.05) is 26.8 Å². The number of rotatable bonds is 2. The molecule has 0 saturated carbocycles. The minimum absolute atomic E-state index is 0.278. The lowest BCUT2D eigenvalue weighted by atomic mass is 10.0. The molecule has 0 radical (unpaired) electrons. The number of hydrogen-bond acceptors (Lipinski definition) is 4. The van der Waals surface area contributed by atoms with Gasteiger partial charge >= 0.3 is 0 Å². The first-order chi connectivity index (χ1) is 11.7. The zero-order valence-corrected chi connectivity index (χ0v) is 13.7. The number of aromatic amines is 1. The molecule has 5 nitrogen and oxygen atoms in total. The first-order valence-corrected chi connectivity index (χ1v) is 7.73. The molecule has 6 heteroatoms. The molecule has 0 saturated heterocycles. The summed E-state index contributed by atoms with van der Waals surface area (Å²) >= 11 is 0. The molecular weight excluding hydrogens is 307 g/mol. The van der Waals surface area contributed by atoms with Crippen molar-refractivity contribution in [2.24, 2.45) is 0 Å². The first kappa shape index (κ1) is 15.9. The summed E-state index contributed by atoms with van der Waals surface area (Å²) in [4.78, 5) is 8.49. The van der Waals surface area contributed by atoms with Crippen LogP contribution >= 0.6 is 0 Å². The van der Waals surface area contributed by atoms with Crippen LogP contribution in [0.2, 0.25) is 0 Å². The Balaban J connectivity index is 0.000000815. The molecule has 0 aliphatic carbocycles. The quantitative estimate of drug-likeness (QED) is 0.577. The fraction of sp³-hybridized carbons (Fsp3) is 0.167. The van der Waals surface area contributed by atoms with Crippen molar-refractivity contribution >= 4 is 11.1 Å². The predicted molar refractivity (Wildman–Crippen MR) is 90.9 cm³/mol. The second-order valence-corrected chi connectivity index (χ2v) is 4.96. The van der Waals surface area contributed by atoms with Crippen LogP contribution in [0.15, 0.2) is 47.3 Å². The number of benzene rings is 1. The minimum Gasteiger partial charge on any atom is -0.443 e. The molecule has 122 valence electrons. The maximum absolute atomic E-state index is 13.1. The average molecular weight is 324 g/mol. The largest absolute Gasteiger partial charge is 0.443 e. The molecule has 3 aromatic heterocycles. The fourth-order valence-corrected chi connectivity index (χ4v) is 2.49. The van der Waals surface area contributed by atoms with Crippen LogP contribution in [-0.4, -0.2) is 20.2 Å². The van der Waals surface area contributed by atoms with E-state index in [1.165, 1.54) is 18.5 Å². The van der Waals surface area contributed by atoms with Crippen molar-refractivity contribution in [1.82, 2.24) is 20.2 Å². The lowest BCUT2D eigenvalue weighted by molar-refractivity contribution is 0.567. The highest BCUT2D eigenvalue weighted by Gasteiger charge is 2.16. The Hall–Kier alpha value is -3.02. The molecule has 4 aromatic rings. The molecule has 3 heterocycles. The molecule has 0 spiro atoms. The lowest BCUT2D eigenvalue weighted by Crippen LogP contribution is -1.88. The van der Waals surface area contributed by atoms with Crippen molar-refractivity contribution in [3.8, 4) is 22.5 Å². The number of fused-ring (bicyclic) bond motifs is 1. The normalized spacial score (nSPS) is 10.5. The topological polar surface area (TPSA) is 67.6 Å². The van der Waals surface area contributed by atoms with Crippen LogP contribution in [0.5, 0.6) is 0 Å². The molecule has 1 N–H and O–H groups in total. The number of nitrogens with zero attached hydrogens (tertiary/aromatic N) is 3. The molecule has 0 atom stereocenters. The Bertz CT molecular complexity index is 957. The van der Waals surface area contributed by atoms with Gasteiger partial charge in [-0.05, 0) is 37.3 Å². The maximum Gasteiger partial charge on any atom is 0.229 e. The molecule has 4 rings (SSSR count). The van der Waals surface area contributed by atoms with Crippen LogP contribution in [0.3, 0.4) is 0 Å². The zero-order chi connectivity index (χ0) is 17.1. The monoisotopic (exact) mass is 324 g/mol. The van der Waals surface area contributed by atoms with E-state index in [2.05, 4.69) is 20.2 Å². The van der Waals surface area contributed by atoms with Crippen molar-refractivity contribution in [2.75, 3.05) is 0 Å². The Labute approximate surface area is 138 Å². The predicted octanol–water partition coefficient (Wildman–Crippen LogP) is 4.75. The summed E-state index contributed by atoms with van der Waals surface area (Å²) in [6, 6.07) is 8.12. The van der Waals surface area contributed by atoms with Crippen LogP contribution in [0, 0.1) is 12.7 Å². The summed E-state index contributed by atoms with van der Waals surface area (Å²) in [5.74, 6) is 0.489. The first-order valence-electron chi connectivity index (χ1n) is 7.73. The summed E-state index contributed by atoms with van der Waals surface area (Å²) in [5, 5.41) is 7.87. The van der Waals surface area contributed by atoms with E-state index in [0.29, 0.717) is 5.71 Å². The Kier molecular flexibility index (Phi) is 4.37. The van der Waals surface area contributed by atoms with Gasteiger partial charge in [0.2, 0.25) is 5.71 Å². The van der Waals surface area contributed by atoms with Gasteiger partial charge in [0, 0.05) is 11.1 Å². The van der Waals surface area contributed by atoms with Gasteiger partial charge in [-0.25, -0.2) is 14.4 Å². The van der Waals surface area contributed by atoms with E-state index in [0.717, 1.165) is 33.7 Å². The van der Waals surface area contributed by atoms with Crippen molar-refractivity contribution in [3.05, 3.63) is 54.4 Å². The van der Waals surface area contributed by atoms with Gasteiger partial charge in [-0.15, -0.1) is 0 Å². The maximum atomic E-state index is 13.1. The third-order valence-corrected chi connectivity index (χ3v) is 3.48. The highest BCUT2D eigenvalue weighted by Crippen LogP contribution is 2.33. The molecular formula is C18H17FN4O. The summed E-state index contributed by atoms with van der Waals surface area (Å²) in [7, 11) is 0. The van der Waals surface area contributed by atoms with Gasteiger partial charge in [-0.1, -0.05) is 13.8 Å². The van der Waals surface area contributed by atoms with Crippen LogP contribution in [0.1, 0.15) is 19.6 Å². The van der Waals surface area contributed by atoms with E-state index in [1.54, 1.807) is 18.3 Å². The number of hydrogen-bond donors (Lipinski definition) is 1. The van der Waals surface area contributed by atoms with E-state index in [4.69, 9.17) is 4.42 Å². The average Bonchev–Trinajstić information content (AvgIpc) is 3.22. The van der Waals surface area contributed by atoms with Gasteiger partial charge in [-0.3, -0.25) is 5.10 Å². The van der Waals surface area contributed by atoms with E-state index in [-0.39, 0.29) is 5.82 Å². The lowest BCUT2D eigenvalue weighted by Gasteiger charge is -2.03. The summed E-state index contributed by atoms with van der Waals surface area (Å²) < 4.78 is 18.6.